The van der Waals surface area contributed by atoms with Crippen LogP contribution in [0.5, 0.6) is 5.75 Å². The Labute approximate surface area is 211 Å². The number of ether oxygens (including phenoxy) is 1. The highest BCUT2D eigenvalue weighted by molar-refractivity contribution is 6.34. The van der Waals surface area contributed by atoms with E-state index >= 15 is 0 Å². The lowest BCUT2D eigenvalue weighted by Crippen LogP contribution is -2.38. The Kier molecular flexibility index (Phi) is 7.07. The highest BCUT2D eigenvalue weighted by Crippen LogP contribution is 2.29. The molecule has 5 rings (SSSR count). The number of carbonyl (C=O) groups excluding carboxylic acids is 1. The van der Waals surface area contributed by atoms with Gasteiger partial charge in [0.05, 0.1) is 21.5 Å². The van der Waals surface area contributed by atoms with Crippen LogP contribution in [-0.2, 0) is 0 Å². The number of benzene rings is 2. The maximum atomic E-state index is 12.9. The standard InChI is InChI=1S/C27H32ClN5O2/c1-18-8-14-33(15-9-18)26(34)21-7-6-19(16-23(21)28)30-27-29-17-22-24(31-27)4-3-5-25(22)35-20-10-12-32(2)13-11-20/h3-7,16-18,20H,8-15H2,1-2H3,(H,29,30,31). The van der Waals surface area contributed by atoms with Crippen LogP contribution in [0.15, 0.2) is 42.6 Å². The molecule has 2 aromatic carbocycles. The molecule has 35 heavy (non-hydrogen) atoms. The highest BCUT2D eigenvalue weighted by Gasteiger charge is 2.23. The van der Waals surface area contributed by atoms with Gasteiger partial charge < -0.3 is 19.9 Å². The molecule has 0 atom stereocenters. The molecule has 0 spiro atoms. The molecular formula is C27H32ClN5O2. The minimum absolute atomic E-state index is 0.00690. The van der Waals surface area contributed by atoms with Gasteiger partial charge in [0.2, 0.25) is 5.95 Å². The number of nitrogens with zero attached hydrogens (tertiary/aromatic N) is 4. The summed E-state index contributed by atoms with van der Waals surface area (Å²) in [5.74, 6) is 1.95. The minimum Gasteiger partial charge on any atom is -0.490 e. The molecule has 2 aliphatic heterocycles. The highest BCUT2D eigenvalue weighted by atomic mass is 35.5. The lowest BCUT2D eigenvalue weighted by molar-refractivity contribution is 0.0697. The number of carbonyl (C=O) groups is 1. The summed E-state index contributed by atoms with van der Waals surface area (Å²) in [5.41, 5.74) is 2.07. The lowest BCUT2D eigenvalue weighted by atomic mass is 9.98. The number of halogens is 1. The summed E-state index contributed by atoms with van der Waals surface area (Å²) >= 11 is 6.51. The van der Waals surface area contributed by atoms with Crippen LogP contribution in [0.2, 0.25) is 5.02 Å². The smallest absolute Gasteiger partial charge is 0.255 e. The van der Waals surface area contributed by atoms with Crippen molar-refractivity contribution in [1.29, 1.82) is 0 Å². The summed E-state index contributed by atoms with van der Waals surface area (Å²) in [6, 6.07) is 11.3. The van der Waals surface area contributed by atoms with Gasteiger partial charge >= 0.3 is 0 Å². The van der Waals surface area contributed by atoms with Crippen LogP contribution in [-0.4, -0.2) is 65.0 Å². The molecule has 0 aliphatic carbocycles. The number of hydrogen-bond acceptors (Lipinski definition) is 6. The van der Waals surface area contributed by atoms with E-state index in [4.69, 9.17) is 16.3 Å². The lowest BCUT2D eigenvalue weighted by Gasteiger charge is -2.30. The number of anilines is 2. The predicted octanol–water partition coefficient (Wildman–Crippen LogP) is 5.37. The average molecular weight is 494 g/mol. The molecule has 0 radical (unpaired) electrons. The Morgan fingerprint density at radius 1 is 1.09 bits per heavy atom. The molecule has 1 amide bonds. The number of fused-ring (bicyclic) bond motifs is 1. The summed E-state index contributed by atoms with van der Waals surface area (Å²) in [4.78, 5) is 26.3. The topological polar surface area (TPSA) is 70.6 Å². The molecule has 2 saturated heterocycles. The minimum atomic E-state index is -0.00690. The predicted molar refractivity (Wildman–Crippen MR) is 140 cm³/mol. The van der Waals surface area contributed by atoms with Gasteiger partial charge in [0, 0.05) is 38.1 Å². The number of nitrogens with one attached hydrogen (secondary N) is 1. The van der Waals surface area contributed by atoms with Gasteiger partial charge in [-0.3, -0.25) is 4.79 Å². The molecule has 1 N–H and O–H groups in total. The number of hydrogen-bond donors (Lipinski definition) is 1. The van der Waals surface area contributed by atoms with E-state index in [1.807, 2.05) is 29.2 Å². The van der Waals surface area contributed by atoms with Crippen molar-refractivity contribution < 1.29 is 9.53 Å². The van der Waals surface area contributed by atoms with Crippen molar-refractivity contribution in [3.63, 3.8) is 0 Å². The molecule has 2 fully saturated rings. The van der Waals surface area contributed by atoms with Crippen LogP contribution < -0.4 is 10.1 Å². The van der Waals surface area contributed by atoms with Crippen molar-refractivity contribution in [2.75, 3.05) is 38.5 Å². The molecule has 184 valence electrons. The quantitative estimate of drug-likeness (QED) is 0.515. The van der Waals surface area contributed by atoms with Gasteiger partial charge in [0.25, 0.3) is 5.91 Å². The molecule has 0 bridgehead atoms. The first-order valence-corrected chi connectivity index (χ1v) is 12.8. The van der Waals surface area contributed by atoms with E-state index in [1.54, 1.807) is 18.3 Å². The first kappa shape index (κ1) is 23.8. The Hall–Kier alpha value is -2.90. The second-order valence-corrected chi connectivity index (χ2v) is 10.2. The van der Waals surface area contributed by atoms with Crippen molar-refractivity contribution in [1.82, 2.24) is 19.8 Å². The average Bonchev–Trinajstić information content (AvgIpc) is 2.86. The van der Waals surface area contributed by atoms with E-state index < -0.39 is 0 Å². The zero-order valence-electron chi connectivity index (χ0n) is 20.3. The Bertz CT molecular complexity index is 1200. The van der Waals surface area contributed by atoms with E-state index in [-0.39, 0.29) is 12.0 Å². The summed E-state index contributed by atoms with van der Waals surface area (Å²) in [7, 11) is 2.14. The maximum Gasteiger partial charge on any atom is 0.255 e. The Morgan fingerprint density at radius 2 is 1.86 bits per heavy atom. The van der Waals surface area contributed by atoms with E-state index in [0.29, 0.717) is 22.5 Å². The number of aromatic nitrogens is 2. The van der Waals surface area contributed by atoms with Crippen LogP contribution in [0.3, 0.4) is 0 Å². The van der Waals surface area contributed by atoms with Gasteiger partial charge in [-0.2, -0.15) is 0 Å². The number of rotatable bonds is 5. The van der Waals surface area contributed by atoms with Gasteiger partial charge in [-0.1, -0.05) is 24.6 Å². The van der Waals surface area contributed by atoms with Gasteiger partial charge in [-0.05, 0) is 69.0 Å². The van der Waals surface area contributed by atoms with Gasteiger partial charge in [-0.25, -0.2) is 9.97 Å². The van der Waals surface area contributed by atoms with Crippen LogP contribution in [0.1, 0.15) is 43.0 Å². The van der Waals surface area contributed by atoms with Gasteiger partial charge in [0.1, 0.15) is 11.9 Å². The van der Waals surface area contributed by atoms with Crippen molar-refractivity contribution in [2.24, 2.45) is 5.92 Å². The fraction of sp³-hybridized carbons (Fsp3) is 0.444. The fourth-order valence-electron chi connectivity index (χ4n) is 4.75. The monoisotopic (exact) mass is 493 g/mol. The summed E-state index contributed by atoms with van der Waals surface area (Å²) < 4.78 is 6.30. The first-order chi connectivity index (χ1) is 17.0. The fourth-order valence-corrected chi connectivity index (χ4v) is 5.01. The summed E-state index contributed by atoms with van der Waals surface area (Å²) in [6.07, 6.45) is 6.12. The summed E-state index contributed by atoms with van der Waals surface area (Å²) in [5, 5.41) is 4.54. The van der Waals surface area contributed by atoms with E-state index in [0.717, 1.165) is 74.2 Å². The largest absolute Gasteiger partial charge is 0.490 e. The van der Waals surface area contributed by atoms with Crippen molar-refractivity contribution >= 4 is 40.0 Å². The molecule has 3 heterocycles. The van der Waals surface area contributed by atoms with Crippen molar-refractivity contribution in [3.8, 4) is 5.75 Å². The Balaban J connectivity index is 1.28. The van der Waals surface area contributed by atoms with E-state index in [1.165, 1.54) is 0 Å². The summed E-state index contributed by atoms with van der Waals surface area (Å²) in [6.45, 7) is 5.89. The Morgan fingerprint density at radius 3 is 2.60 bits per heavy atom. The second-order valence-electron chi connectivity index (χ2n) is 9.80. The molecule has 2 aliphatic rings. The number of amides is 1. The number of piperidine rings is 2. The van der Waals surface area contributed by atoms with Crippen molar-refractivity contribution in [3.05, 3.63) is 53.2 Å². The van der Waals surface area contributed by atoms with Crippen LogP contribution in [0, 0.1) is 5.92 Å². The van der Waals surface area contributed by atoms with E-state index in [2.05, 4.69) is 34.2 Å². The molecule has 0 unspecified atom stereocenters. The van der Waals surface area contributed by atoms with Crippen LogP contribution in [0.25, 0.3) is 10.9 Å². The molecule has 1 aromatic heterocycles. The first-order valence-electron chi connectivity index (χ1n) is 12.4. The third-order valence-electron chi connectivity index (χ3n) is 7.07. The zero-order valence-corrected chi connectivity index (χ0v) is 21.1. The molecule has 8 heteroatoms. The molecular weight excluding hydrogens is 462 g/mol. The molecule has 0 saturated carbocycles. The number of likely N-dealkylation sites (tertiary alicyclic amines) is 2. The molecule has 3 aromatic rings. The van der Waals surface area contributed by atoms with E-state index in [9.17, 15) is 4.79 Å². The zero-order chi connectivity index (χ0) is 24.4. The van der Waals surface area contributed by atoms with Crippen molar-refractivity contribution in [2.45, 2.75) is 38.7 Å². The third-order valence-corrected chi connectivity index (χ3v) is 7.38. The molecule has 7 nitrogen and oxygen atoms in total. The second kappa shape index (κ2) is 10.4. The SMILES string of the molecule is CC1CCN(C(=O)c2ccc(Nc3ncc4c(OC5CCN(C)CC5)cccc4n3)cc2Cl)CC1. The normalized spacial score (nSPS) is 18.1. The maximum absolute atomic E-state index is 12.9. The van der Waals surface area contributed by atoms with Crippen LogP contribution >= 0.6 is 11.6 Å². The van der Waals surface area contributed by atoms with Gasteiger partial charge in [-0.15, -0.1) is 0 Å². The van der Waals surface area contributed by atoms with Gasteiger partial charge in [0.15, 0.2) is 0 Å². The van der Waals surface area contributed by atoms with Crippen LogP contribution in [0.4, 0.5) is 11.6 Å². The third kappa shape index (κ3) is 5.52.